The Balaban J connectivity index is 1.00. The van der Waals surface area contributed by atoms with Gasteiger partial charge in [-0.3, -0.25) is 0 Å². The fourth-order valence-electron chi connectivity index (χ4n) is 9.85. The number of para-hydroxylation sites is 1. The van der Waals surface area contributed by atoms with Gasteiger partial charge < -0.3 is 4.57 Å². The molecule has 256 valence electrons. The largest absolute Gasteiger partial charge is 0.309 e. The van der Waals surface area contributed by atoms with Crippen molar-refractivity contribution in [2.75, 3.05) is 0 Å². The van der Waals surface area contributed by atoms with E-state index in [1.165, 1.54) is 111 Å². The van der Waals surface area contributed by atoms with Crippen molar-refractivity contribution in [2.45, 2.75) is 12.3 Å². The zero-order chi connectivity index (χ0) is 36.0. The Labute approximate surface area is 320 Å². The number of nitrogens with zero attached hydrogens (tertiary/aromatic N) is 1. The van der Waals surface area contributed by atoms with Crippen LogP contribution in [0.4, 0.5) is 0 Å². The molecule has 55 heavy (non-hydrogen) atoms. The SMILES string of the molecule is c1ccc(C2c3ccccc3-c3cc(-c4ccc5c6ccccc6n(-c6cccc7cc(-c8cccc9c8Cc8ccccc8-9)ccc67)c5c4)ccc32)cc1. The lowest BCUT2D eigenvalue weighted by molar-refractivity contribution is 1.02. The maximum Gasteiger partial charge on any atom is 0.0547 e. The van der Waals surface area contributed by atoms with Crippen LogP contribution in [0, 0.1) is 0 Å². The van der Waals surface area contributed by atoms with Gasteiger partial charge in [0.25, 0.3) is 0 Å². The van der Waals surface area contributed by atoms with E-state index in [0.717, 1.165) is 6.42 Å². The van der Waals surface area contributed by atoms with E-state index in [0.29, 0.717) is 0 Å². The minimum absolute atomic E-state index is 0.248. The predicted octanol–water partition coefficient (Wildman–Crippen LogP) is 14.0. The first kappa shape index (κ1) is 30.5. The van der Waals surface area contributed by atoms with Gasteiger partial charge >= 0.3 is 0 Å². The summed E-state index contributed by atoms with van der Waals surface area (Å²) in [5.74, 6) is 0.248. The van der Waals surface area contributed by atoms with E-state index < -0.39 is 0 Å². The summed E-state index contributed by atoms with van der Waals surface area (Å²) in [6, 6.07) is 72.4. The van der Waals surface area contributed by atoms with E-state index in [2.05, 4.69) is 199 Å². The van der Waals surface area contributed by atoms with E-state index in [1.54, 1.807) is 0 Å². The lowest BCUT2D eigenvalue weighted by Crippen LogP contribution is -1.98. The van der Waals surface area contributed by atoms with Gasteiger partial charge in [0.05, 0.1) is 16.7 Å². The second kappa shape index (κ2) is 11.8. The maximum absolute atomic E-state index is 2.49. The van der Waals surface area contributed by atoms with Gasteiger partial charge in [-0.15, -0.1) is 0 Å². The maximum atomic E-state index is 2.49. The fraction of sp³-hybridized carbons (Fsp3) is 0.0370. The zero-order valence-electron chi connectivity index (χ0n) is 30.2. The van der Waals surface area contributed by atoms with Crippen LogP contribution >= 0.6 is 0 Å². The Morgan fingerprint density at radius 1 is 0.382 bits per heavy atom. The summed E-state index contributed by atoms with van der Waals surface area (Å²) < 4.78 is 2.49. The van der Waals surface area contributed by atoms with Crippen LogP contribution < -0.4 is 0 Å². The highest BCUT2D eigenvalue weighted by Gasteiger charge is 2.30. The average molecular weight is 698 g/mol. The van der Waals surface area contributed by atoms with Crippen LogP contribution in [0.25, 0.3) is 82.8 Å². The van der Waals surface area contributed by atoms with Crippen molar-refractivity contribution in [3.8, 4) is 50.2 Å². The first-order valence-corrected chi connectivity index (χ1v) is 19.3. The molecular formula is C54H35N. The monoisotopic (exact) mass is 697 g/mol. The molecule has 9 aromatic carbocycles. The highest BCUT2D eigenvalue weighted by molar-refractivity contribution is 6.11. The summed E-state index contributed by atoms with van der Waals surface area (Å²) in [6.07, 6.45) is 0.980. The molecule has 1 atom stereocenters. The molecule has 0 fully saturated rings. The molecule has 0 saturated heterocycles. The molecule has 0 radical (unpaired) electrons. The normalized spacial score (nSPS) is 13.9. The third-order valence-electron chi connectivity index (χ3n) is 12.3. The van der Waals surface area contributed by atoms with Crippen molar-refractivity contribution in [1.82, 2.24) is 4.57 Å². The van der Waals surface area contributed by atoms with Crippen LogP contribution in [-0.2, 0) is 6.42 Å². The van der Waals surface area contributed by atoms with E-state index in [9.17, 15) is 0 Å². The topological polar surface area (TPSA) is 4.93 Å². The molecule has 12 rings (SSSR count). The molecule has 1 heteroatoms. The van der Waals surface area contributed by atoms with Gasteiger partial charge in [0.1, 0.15) is 0 Å². The Hall–Kier alpha value is -6.96. The first-order valence-electron chi connectivity index (χ1n) is 19.3. The molecule has 10 aromatic rings. The lowest BCUT2D eigenvalue weighted by Gasteiger charge is -2.15. The molecule has 2 aliphatic carbocycles. The zero-order valence-corrected chi connectivity index (χ0v) is 30.2. The van der Waals surface area contributed by atoms with Crippen LogP contribution in [-0.4, -0.2) is 4.57 Å². The molecule has 1 nitrogen and oxygen atoms in total. The van der Waals surface area contributed by atoms with Crippen molar-refractivity contribution >= 4 is 32.6 Å². The van der Waals surface area contributed by atoms with Crippen LogP contribution in [0.1, 0.15) is 33.7 Å². The summed E-state index contributed by atoms with van der Waals surface area (Å²) in [4.78, 5) is 0. The standard InChI is InChI=1S/C54H35N/c1-2-12-34(13-3-1)54-47-19-7-6-17-44(47)50-31-35(25-29-48(50)54)36-24-28-46-45-18-8-9-22-52(45)55(53(46)33-36)51-23-10-15-37-30-39(26-27-42(37)51)41-20-11-21-43-40-16-5-4-14-38(40)32-49(41)43/h1-31,33,54H,32H2. The van der Waals surface area contributed by atoms with Crippen LogP contribution in [0.15, 0.2) is 194 Å². The second-order valence-corrected chi connectivity index (χ2v) is 15.2. The second-order valence-electron chi connectivity index (χ2n) is 15.2. The molecule has 0 amide bonds. The molecule has 1 aromatic heterocycles. The van der Waals surface area contributed by atoms with Gasteiger partial charge in [-0.25, -0.2) is 0 Å². The first-order chi connectivity index (χ1) is 27.3. The van der Waals surface area contributed by atoms with E-state index in [1.807, 2.05) is 0 Å². The minimum Gasteiger partial charge on any atom is -0.309 e. The molecule has 2 aliphatic rings. The predicted molar refractivity (Wildman–Crippen MR) is 230 cm³/mol. The number of benzene rings is 9. The van der Waals surface area contributed by atoms with Crippen molar-refractivity contribution in [3.63, 3.8) is 0 Å². The van der Waals surface area contributed by atoms with Gasteiger partial charge in [0.15, 0.2) is 0 Å². The number of aromatic nitrogens is 1. The van der Waals surface area contributed by atoms with Gasteiger partial charge in [-0.1, -0.05) is 164 Å². The summed E-state index contributed by atoms with van der Waals surface area (Å²) in [5, 5.41) is 5.03. The highest BCUT2D eigenvalue weighted by atomic mass is 15.0. The third kappa shape index (κ3) is 4.54. The van der Waals surface area contributed by atoms with Crippen molar-refractivity contribution in [2.24, 2.45) is 0 Å². The average Bonchev–Trinajstić information content (AvgIpc) is 3.91. The van der Waals surface area contributed by atoms with Crippen molar-refractivity contribution < 1.29 is 0 Å². The minimum atomic E-state index is 0.248. The van der Waals surface area contributed by atoms with Crippen molar-refractivity contribution in [1.29, 1.82) is 0 Å². The molecule has 0 bridgehead atoms. The number of hydrogen-bond donors (Lipinski definition) is 0. The Kier molecular flexibility index (Phi) is 6.53. The van der Waals surface area contributed by atoms with Gasteiger partial charge in [0.2, 0.25) is 0 Å². The third-order valence-corrected chi connectivity index (χ3v) is 12.3. The molecule has 1 unspecified atom stereocenters. The van der Waals surface area contributed by atoms with Gasteiger partial charge in [-0.2, -0.15) is 0 Å². The van der Waals surface area contributed by atoms with Crippen LogP contribution in [0.5, 0.6) is 0 Å². The van der Waals surface area contributed by atoms with E-state index >= 15 is 0 Å². The number of fused-ring (bicyclic) bond motifs is 10. The molecular weight excluding hydrogens is 663 g/mol. The van der Waals surface area contributed by atoms with Gasteiger partial charge in [0, 0.05) is 22.1 Å². The quantitative estimate of drug-likeness (QED) is 0.173. The van der Waals surface area contributed by atoms with Crippen LogP contribution in [0.3, 0.4) is 0 Å². The summed E-state index contributed by atoms with van der Waals surface area (Å²) >= 11 is 0. The van der Waals surface area contributed by atoms with E-state index in [4.69, 9.17) is 0 Å². The summed E-state index contributed by atoms with van der Waals surface area (Å²) in [6.45, 7) is 0. The smallest absolute Gasteiger partial charge is 0.0547 e. The molecule has 1 heterocycles. The van der Waals surface area contributed by atoms with Crippen molar-refractivity contribution in [3.05, 3.63) is 222 Å². The van der Waals surface area contributed by atoms with Gasteiger partial charge in [-0.05, 0) is 114 Å². The number of hydrogen-bond acceptors (Lipinski definition) is 0. The molecule has 0 aliphatic heterocycles. The molecule has 0 spiro atoms. The van der Waals surface area contributed by atoms with Crippen LogP contribution in [0.2, 0.25) is 0 Å². The Morgan fingerprint density at radius 3 is 2.00 bits per heavy atom. The molecule has 0 N–H and O–H groups in total. The highest BCUT2D eigenvalue weighted by Crippen LogP contribution is 2.49. The summed E-state index contributed by atoms with van der Waals surface area (Å²) in [5.41, 5.74) is 21.1. The fourth-order valence-corrected chi connectivity index (χ4v) is 9.85. The molecule has 0 saturated carbocycles. The lowest BCUT2D eigenvalue weighted by atomic mass is 9.89. The summed E-state index contributed by atoms with van der Waals surface area (Å²) in [7, 11) is 0. The Morgan fingerprint density at radius 2 is 1.05 bits per heavy atom. The Bertz CT molecular complexity index is 3180. The van der Waals surface area contributed by atoms with E-state index in [-0.39, 0.29) is 5.92 Å². The number of rotatable bonds is 4.